The van der Waals surface area contributed by atoms with Gasteiger partial charge in [-0.1, -0.05) is 20.3 Å². The van der Waals surface area contributed by atoms with E-state index in [0.29, 0.717) is 24.8 Å². The molecule has 1 unspecified atom stereocenters. The van der Waals surface area contributed by atoms with Crippen LogP contribution in [0.1, 0.15) is 46.5 Å². The minimum absolute atomic E-state index is 0.174. The summed E-state index contributed by atoms with van der Waals surface area (Å²) in [5.41, 5.74) is 6.33. The topological polar surface area (TPSA) is 55.6 Å². The van der Waals surface area contributed by atoms with E-state index < -0.39 is 0 Å². The van der Waals surface area contributed by atoms with Gasteiger partial charge in [0.2, 0.25) is 5.91 Å². The second kappa shape index (κ2) is 9.27. The van der Waals surface area contributed by atoms with Gasteiger partial charge in [0.05, 0.1) is 13.0 Å². The van der Waals surface area contributed by atoms with Crippen molar-refractivity contribution in [2.24, 2.45) is 0 Å². The molecule has 21 heavy (non-hydrogen) atoms. The molecule has 0 aliphatic rings. The molecule has 4 heteroatoms. The Bertz CT molecular complexity index is 417. The second-order valence-corrected chi connectivity index (χ2v) is 5.37. The highest BCUT2D eigenvalue weighted by molar-refractivity contribution is 5.76. The third-order valence-electron chi connectivity index (χ3n) is 3.66. The Kier molecular flexibility index (Phi) is 7.65. The zero-order chi connectivity index (χ0) is 15.7. The van der Waals surface area contributed by atoms with Crippen LogP contribution in [0.15, 0.2) is 24.3 Å². The normalized spacial score (nSPS) is 12.0. The van der Waals surface area contributed by atoms with Gasteiger partial charge < -0.3 is 15.4 Å². The van der Waals surface area contributed by atoms with Gasteiger partial charge in [0.15, 0.2) is 0 Å². The van der Waals surface area contributed by atoms with Crippen LogP contribution in [0.25, 0.3) is 0 Å². The van der Waals surface area contributed by atoms with Gasteiger partial charge in [-0.3, -0.25) is 4.79 Å². The van der Waals surface area contributed by atoms with E-state index in [1.54, 1.807) is 12.1 Å². The van der Waals surface area contributed by atoms with Crippen LogP contribution >= 0.6 is 0 Å². The Morgan fingerprint density at radius 1 is 1.29 bits per heavy atom. The highest BCUT2D eigenvalue weighted by Gasteiger charge is 2.17. The van der Waals surface area contributed by atoms with E-state index in [4.69, 9.17) is 10.5 Å². The number of amides is 1. The minimum Gasteiger partial charge on any atom is -0.493 e. The summed E-state index contributed by atoms with van der Waals surface area (Å²) >= 11 is 0. The van der Waals surface area contributed by atoms with E-state index in [9.17, 15) is 4.79 Å². The lowest BCUT2D eigenvalue weighted by Gasteiger charge is -2.28. The Hall–Kier alpha value is -1.71. The van der Waals surface area contributed by atoms with Crippen molar-refractivity contribution in [2.45, 2.75) is 52.5 Å². The SMILES string of the molecule is CCCCN(C(=O)CCOc1ccc(N)cc1)C(C)CC. The minimum atomic E-state index is 0.174. The Morgan fingerprint density at radius 2 is 1.95 bits per heavy atom. The molecule has 1 aromatic rings. The van der Waals surface area contributed by atoms with E-state index in [2.05, 4.69) is 20.8 Å². The number of anilines is 1. The molecule has 0 aliphatic carbocycles. The van der Waals surface area contributed by atoms with Gasteiger partial charge in [0, 0.05) is 18.3 Å². The first-order valence-corrected chi connectivity index (χ1v) is 7.86. The van der Waals surface area contributed by atoms with E-state index >= 15 is 0 Å². The fourth-order valence-corrected chi connectivity index (χ4v) is 2.10. The second-order valence-electron chi connectivity index (χ2n) is 5.37. The average Bonchev–Trinajstić information content (AvgIpc) is 2.49. The van der Waals surface area contributed by atoms with Crippen molar-refractivity contribution in [3.8, 4) is 5.75 Å². The molecule has 0 heterocycles. The zero-order valence-corrected chi connectivity index (χ0v) is 13.5. The molecule has 4 nitrogen and oxygen atoms in total. The van der Waals surface area contributed by atoms with Crippen LogP contribution in [0.2, 0.25) is 0 Å². The fourth-order valence-electron chi connectivity index (χ4n) is 2.10. The molecule has 0 radical (unpaired) electrons. The molecule has 1 amide bonds. The number of hydrogen-bond donors (Lipinski definition) is 1. The predicted molar refractivity (Wildman–Crippen MR) is 87.3 cm³/mol. The summed E-state index contributed by atoms with van der Waals surface area (Å²) < 4.78 is 5.60. The van der Waals surface area contributed by atoms with Crippen molar-refractivity contribution in [1.29, 1.82) is 0 Å². The van der Waals surface area contributed by atoms with Crippen LogP contribution in [0.4, 0.5) is 5.69 Å². The van der Waals surface area contributed by atoms with Gasteiger partial charge >= 0.3 is 0 Å². The molecule has 0 aromatic heterocycles. The lowest BCUT2D eigenvalue weighted by molar-refractivity contribution is -0.133. The predicted octanol–water partition coefficient (Wildman–Crippen LogP) is 3.46. The number of hydrogen-bond acceptors (Lipinski definition) is 3. The first kappa shape index (κ1) is 17.3. The highest BCUT2D eigenvalue weighted by Crippen LogP contribution is 2.14. The Morgan fingerprint density at radius 3 is 2.52 bits per heavy atom. The molecule has 0 saturated carbocycles. The maximum atomic E-state index is 12.3. The van der Waals surface area contributed by atoms with Crippen LogP contribution in [-0.2, 0) is 4.79 Å². The summed E-state index contributed by atoms with van der Waals surface area (Å²) in [6.07, 6.45) is 3.55. The third kappa shape index (κ3) is 6.06. The highest BCUT2D eigenvalue weighted by atomic mass is 16.5. The lowest BCUT2D eigenvalue weighted by Crippen LogP contribution is -2.39. The summed E-state index contributed by atoms with van der Waals surface area (Å²) in [5.74, 6) is 0.925. The summed E-state index contributed by atoms with van der Waals surface area (Å²) in [7, 11) is 0. The molecule has 1 rings (SSSR count). The monoisotopic (exact) mass is 292 g/mol. The molecular formula is C17H28N2O2. The molecule has 0 bridgehead atoms. The van der Waals surface area contributed by atoms with Gasteiger partial charge in [-0.25, -0.2) is 0 Å². The summed E-state index contributed by atoms with van der Waals surface area (Å²) in [6.45, 7) is 7.60. The molecule has 1 atom stereocenters. The first-order valence-electron chi connectivity index (χ1n) is 7.86. The molecule has 118 valence electrons. The summed E-state index contributed by atoms with van der Waals surface area (Å²) in [6, 6.07) is 7.53. The average molecular weight is 292 g/mol. The molecule has 0 aliphatic heterocycles. The molecule has 2 N–H and O–H groups in total. The number of nitrogens with two attached hydrogens (primary N) is 1. The quantitative estimate of drug-likeness (QED) is 0.709. The van der Waals surface area contributed by atoms with Gasteiger partial charge in [0.1, 0.15) is 5.75 Å². The maximum absolute atomic E-state index is 12.3. The van der Waals surface area contributed by atoms with Crippen LogP contribution in [0.5, 0.6) is 5.75 Å². The van der Waals surface area contributed by atoms with Crippen molar-refractivity contribution >= 4 is 11.6 Å². The fraction of sp³-hybridized carbons (Fsp3) is 0.588. The zero-order valence-electron chi connectivity index (χ0n) is 13.5. The van der Waals surface area contributed by atoms with Crippen molar-refractivity contribution in [3.05, 3.63) is 24.3 Å². The van der Waals surface area contributed by atoms with Crippen LogP contribution in [0.3, 0.4) is 0 Å². The number of nitrogen functional groups attached to an aromatic ring is 1. The molecular weight excluding hydrogens is 264 g/mol. The largest absolute Gasteiger partial charge is 0.493 e. The van der Waals surface area contributed by atoms with Gasteiger partial charge in [0.25, 0.3) is 0 Å². The number of benzene rings is 1. The van der Waals surface area contributed by atoms with Crippen LogP contribution < -0.4 is 10.5 Å². The number of carbonyl (C=O) groups excluding carboxylic acids is 1. The number of nitrogens with zero attached hydrogens (tertiary/aromatic N) is 1. The standard InChI is InChI=1S/C17H28N2O2/c1-4-6-12-19(14(3)5-2)17(20)11-13-21-16-9-7-15(18)8-10-16/h7-10,14H,4-6,11-13,18H2,1-3H3. The van der Waals surface area contributed by atoms with Gasteiger partial charge in [-0.05, 0) is 44.0 Å². The summed E-state index contributed by atoms with van der Waals surface area (Å²) in [4.78, 5) is 14.3. The van der Waals surface area contributed by atoms with E-state index in [1.165, 1.54) is 0 Å². The number of carbonyl (C=O) groups is 1. The smallest absolute Gasteiger partial charge is 0.226 e. The third-order valence-corrected chi connectivity index (χ3v) is 3.66. The molecule has 0 spiro atoms. The van der Waals surface area contributed by atoms with Gasteiger partial charge in [-0.2, -0.15) is 0 Å². The molecule has 0 fully saturated rings. The van der Waals surface area contributed by atoms with Crippen molar-refractivity contribution in [1.82, 2.24) is 4.90 Å². The van der Waals surface area contributed by atoms with Gasteiger partial charge in [-0.15, -0.1) is 0 Å². The van der Waals surface area contributed by atoms with Crippen molar-refractivity contribution < 1.29 is 9.53 Å². The Balaban J connectivity index is 2.43. The Labute approximate surface area is 128 Å². The number of unbranched alkanes of at least 4 members (excludes halogenated alkanes) is 1. The lowest BCUT2D eigenvalue weighted by atomic mass is 10.2. The summed E-state index contributed by atoms with van der Waals surface area (Å²) in [5, 5.41) is 0. The first-order chi connectivity index (χ1) is 10.1. The maximum Gasteiger partial charge on any atom is 0.226 e. The van der Waals surface area contributed by atoms with Crippen LogP contribution in [0, 0.1) is 0 Å². The molecule has 1 aromatic carbocycles. The number of ether oxygens (including phenoxy) is 1. The van der Waals surface area contributed by atoms with E-state index in [0.717, 1.165) is 31.6 Å². The number of rotatable bonds is 9. The van der Waals surface area contributed by atoms with Crippen LogP contribution in [-0.4, -0.2) is 30.0 Å². The van der Waals surface area contributed by atoms with Crippen molar-refractivity contribution in [2.75, 3.05) is 18.9 Å². The van der Waals surface area contributed by atoms with E-state index in [-0.39, 0.29) is 5.91 Å². The molecule has 0 saturated heterocycles. The van der Waals surface area contributed by atoms with E-state index in [1.807, 2.05) is 17.0 Å². The van der Waals surface area contributed by atoms with Crippen molar-refractivity contribution in [3.63, 3.8) is 0 Å².